The summed E-state index contributed by atoms with van der Waals surface area (Å²) in [5.74, 6) is 0.325. The van der Waals surface area contributed by atoms with Gasteiger partial charge in [-0.3, -0.25) is 4.90 Å². The van der Waals surface area contributed by atoms with Gasteiger partial charge in [0.25, 0.3) is 0 Å². The van der Waals surface area contributed by atoms with E-state index in [0.29, 0.717) is 5.75 Å². The zero-order chi connectivity index (χ0) is 12.0. The first-order valence-corrected chi connectivity index (χ1v) is 6.17. The lowest BCUT2D eigenvalue weighted by atomic mass is 10.2. The van der Waals surface area contributed by atoms with E-state index in [0.717, 1.165) is 36.3 Å². The minimum Gasteiger partial charge on any atom is -0.506 e. The van der Waals surface area contributed by atoms with E-state index in [1.165, 1.54) is 0 Å². The van der Waals surface area contributed by atoms with Crippen molar-refractivity contribution in [1.29, 1.82) is 0 Å². The van der Waals surface area contributed by atoms with Crippen LogP contribution < -0.4 is 0 Å². The number of phenols is 1. The number of para-hydroxylation sites is 1. The maximum atomic E-state index is 9.81. The predicted octanol–water partition coefficient (Wildman–Crippen LogP) is 2.62. The molecule has 90 valence electrons. The zero-order valence-corrected chi connectivity index (χ0v) is 11.3. The molecule has 0 bridgehead atoms. The van der Waals surface area contributed by atoms with E-state index in [9.17, 15) is 5.11 Å². The molecule has 1 N–H and O–H groups in total. The summed E-state index contributed by atoms with van der Waals surface area (Å²) < 4.78 is 6.02. The molecule has 0 spiro atoms. The van der Waals surface area contributed by atoms with E-state index in [4.69, 9.17) is 4.74 Å². The van der Waals surface area contributed by atoms with Crippen molar-refractivity contribution >= 4 is 15.9 Å². The van der Waals surface area contributed by atoms with Crippen LogP contribution in [0.5, 0.6) is 5.75 Å². The fraction of sp³-hybridized carbons (Fsp3) is 0.500. The normalized spacial score (nSPS) is 11.0. The van der Waals surface area contributed by atoms with Gasteiger partial charge in [0.15, 0.2) is 0 Å². The first-order valence-electron chi connectivity index (χ1n) is 5.37. The molecule has 0 saturated heterocycles. The molecular weight excluding hydrogens is 270 g/mol. The monoisotopic (exact) mass is 287 g/mol. The van der Waals surface area contributed by atoms with Gasteiger partial charge < -0.3 is 9.84 Å². The topological polar surface area (TPSA) is 32.7 Å². The summed E-state index contributed by atoms with van der Waals surface area (Å²) in [7, 11) is 2.01. The molecule has 0 aliphatic rings. The van der Waals surface area contributed by atoms with Crippen LogP contribution in [0.2, 0.25) is 0 Å². The Morgan fingerprint density at radius 3 is 2.88 bits per heavy atom. The zero-order valence-electron chi connectivity index (χ0n) is 9.74. The Morgan fingerprint density at radius 1 is 1.44 bits per heavy atom. The molecule has 4 heteroatoms. The molecule has 1 aromatic rings. The molecule has 0 aromatic heterocycles. The van der Waals surface area contributed by atoms with Gasteiger partial charge in [0.2, 0.25) is 0 Å². The third kappa shape index (κ3) is 4.12. The molecule has 16 heavy (non-hydrogen) atoms. The molecule has 1 rings (SSSR count). The highest BCUT2D eigenvalue weighted by molar-refractivity contribution is 9.10. The Kier molecular flexibility index (Phi) is 5.80. The first kappa shape index (κ1) is 13.5. The number of rotatable bonds is 6. The standard InChI is InChI=1S/C12H18BrNO2/c1-3-16-8-7-14(2)9-10-5-4-6-11(13)12(10)15/h4-6,15H,3,7-9H2,1-2H3. The van der Waals surface area contributed by atoms with Crippen molar-refractivity contribution in [3.63, 3.8) is 0 Å². The number of aromatic hydroxyl groups is 1. The number of ether oxygens (including phenoxy) is 1. The van der Waals surface area contributed by atoms with E-state index in [-0.39, 0.29) is 0 Å². The fourth-order valence-electron chi connectivity index (χ4n) is 1.42. The second-order valence-corrected chi connectivity index (χ2v) is 4.54. The Bertz CT molecular complexity index is 331. The summed E-state index contributed by atoms with van der Waals surface area (Å²) in [5.41, 5.74) is 0.924. The number of likely N-dealkylation sites (N-methyl/N-ethyl adjacent to an activating group) is 1. The third-order valence-corrected chi connectivity index (χ3v) is 2.97. The van der Waals surface area contributed by atoms with Crippen LogP contribution in [0, 0.1) is 0 Å². The van der Waals surface area contributed by atoms with Crippen LogP contribution in [0.4, 0.5) is 0 Å². The van der Waals surface area contributed by atoms with Gasteiger partial charge in [0, 0.05) is 25.3 Å². The van der Waals surface area contributed by atoms with E-state index in [2.05, 4.69) is 20.8 Å². The van der Waals surface area contributed by atoms with Crippen molar-refractivity contribution in [2.45, 2.75) is 13.5 Å². The average molecular weight is 288 g/mol. The van der Waals surface area contributed by atoms with E-state index in [1.54, 1.807) is 0 Å². The third-order valence-electron chi connectivity index (χ3n) is 2.33. The number of phenolic OH excluding ortho intramolecular Hbond substituents is 1. The van der Waals surface area contributed by atoms with Crippen molar-refractivity contribution in [3.05, 3.63) is 28.2 Å². The second kappa shape index (κ2) is 6.89. The van der Waals surface area contributed by atoms with Gasteiger partial charge >= 0.3 is 0 Å². The van der Waals surface area contributed by atoms with Crippen molar-refractivity contribution in [2.75, 3.05) is 26.8 Å². The van der Waals surface area contributed by atoms with Gasteiger partial charge in [-0.2, -0.15) is 0 Å². The molecule has 0 unspecified atom stereocenters. The Morgan fingerprint density at radius 2 is 2.19 bits per heavy atom. The van der Waals surface area contributed by atoms with Crippen molar-refractivity contribution < 1.29 is 9.84 Å². The van der Waals surface area contributed by atoms with Crippen LogP contribution in [0.3, 0.4) is 0 Å². The average Bonchev–Trinajstić information content (AvgIpc) is 2.25. The van der Waals surface area contributed by atoms with E-state index in [1.807, 2.05) is 32.2 Å². The first-order chi connectivity index (χ1) is 7.65. The molecule has 1 aromatic carbocycles. The number of halogens is 1. The van der Waals surface area contributed by atoms with Gasteiger partial charge in [-0.1, -0.05) is 12.1 Å². The quantitative estimate of drug-likeness (QED) is 0.817. The summed E-state index contributed by atoms with van der Waals surface area (Å²) in [6, 6.07) is 5.69. The molecule has 0 saturated carbocycles. The van der Waals surface area contributed by atoms with E-state index < -0.39 is 0 Å². The molecule has 0 amide bonds. The highest BCUT2D eigenvalue weighted by Gasteiger charge is 2.07. The summed E-state index contributed by atoms with van der Waals surface area (Å²) in [6.45, 7) is 5.04. The van der Waals surface area contributed by atoms with Crippen molar-refractivity contribution in [3.8, 4) is 5.75 Å². The smallest absolute Gasteiger partial charge is 0.134 e. The fourth-order valence-corrected chi connectivity index (χ4v) is 1.83. The second-order valence-electron chi connectivity index (χ2n) is 3.68. The molecule has 0 aliphatic heterocycles. The molecule has 0 aliphatic carbocycles. The lowest BCUT2D eigenvalue weighted by Crippen LogP contribution is -2.22. The largest absolute Gasteiger partial charge is 0.506 e. The lowest BCUT2D eigenvalue weighted by molar-refractivity contribution is 0.120. The van der Waals surface area contributed by atoms with Gasteiger partial charge in [-0.15, -0.1) is 0 Å². The van der Waals surface area contributed by atoms with Crippen LogP contribution in [-0.4, -0.2) is 36.8 Å². The van der Waals surface area contributed by atoms with Crippen LogP contribution in [0.25, 0.3) is 0 Å². The molecule has 0 fully saturated rings. The Balaban J connectivity index is 2.49. The van der Waals surface area contributed by atoms with Gasteiger partial charge in [-0.05, 0) is 36.0 Å². The maximum Gasteiger partial charge on any atom is 0.134 e. The van der Waals surface area contributed by atoms with Crippen LogP contribution in [0.15, 0.2) is 22.7 Å². The molecule has 0 atom stereocenters. The number of hydrogen-bond acceptors (Lipinski definition) is 3. The number of nitrogens with zero attached hydrogens (tertiary/aromatic N) is 1. The maximum absolute atomic E-state index is 9.81. The SMILES string of the molecule is CCOCCN(C)Cc1cccc(Br)c1O. The molecule has 3 nitrogen and oxygen atoms in total. The summed E-state index contributed by atoms with van der Waals surface area (Å²) in [5, 5.41) is 9.81. The van der Waals surface area contributed by atoms with Crippen LogP contribution in [0.1, 0.15) is 12.5 Å². The Labute approximate surface area is 105 Å². The highest BCUT2D eigenvalue weighted by Crippen LogP contribution is 2.27. The van der Waals surface area contributed by atoms with Gasteiger partial charge in [0.1, 0.15) is 5.75 Å². The minimum atomic E-state index is 0.325. The predicted molar refractivity (Wildman–Crippen MR) is 68.6 cm³/mol. The van der Waals surface area contributed by atoms with E-state index >= 15 is 0 Å². The summed E-state index contributed by atoms with van der Waals surface area (Å²) in [4.78, 5) is 2.12. The van der Waals surface area contributed by atoms with Crippen LogP contribution in [-0.2, 0) is 11.3 Å². The molecule has 0 heterocycles. The molecule has 0 radical (unpaired) electrons. The minimum absolute atomic E-state index is 0.325. The van der Waals surface area contributed by atoms with Crippen molar-refractivity contribution in [1.82, 2.24) is 4.90 Å². The lowest BCUT2D eigenvalue weighted by Gasteiger charge is -2.17. The summed E-state index contributed by atoms with van der Waals surface area (Å²) in [6.07, 6.45) is 0. The summed E-state index contributed by atoms with van der Waals surface area (Å²) >= 11 is 3.31. The number of benzene rings is 1. The Hall–Kier alpha value is -0.580. The van der Waals surface area contributed by atoms with Gasteiger partial charge in [-0.25, -0.2) is 0 Å². The number of hydrogen-bond donors (Lipinski definition) is 1. The van der Waals surface area contributed by atoms with Crippen LogP contribution >= 0.6 is 15.9 Å². The highest BCUT2D eigenvalue weighted by atomic mass is 79.9. The van der Waals surface area contributed by atoms with Gasteiger partial charge in [0.05, 0.1) is 11.1 Å². The molecular formula is C12H18BrNO2. The van der Waals surface area contributed by atoms with Crippen molar-refractivity contribution in [2.24, 2.45) is 0 Å².